The molecule has 1 amide bonds. The minimum absolute atomic E-state index is 0.270. The maximum atomic E-state index is 12.0. The van der Waals surface area contributed by atoms with Gasteiger partial charge < -0.3 is 14.7 Å². The van der Waals surface area contributed by atoms with E-state index in [0.29, 0.717) is 19.6 Å². The van der Waals surface area contributed by atoms with E-state index in [1.807, 2.05) is 35.2 Å². The fourth-order valence-electron chi connectivity index (χ4n) is 2.40. The summed E-state index contributed by atoms with van der Waals surface area (Å²) >= 11 is 0. The molecule has 1 N–H and O–H groups in total. The first-order chi connectivity index (χ1) is 10.2. The summed E-state index contributed by atoms with van der Waals surface area (Å²) in [6, 6.07) is 9.60. The van der Waals surface area contributed by atoms with Gasteiger partial charge in [0, 0.05) is 19.6 Å². The van der Waals surface area contributed by atoms with Gasteiger partial charge in [0.25, 0.3) is 0 Å². The van der Waals surface area contributed by atoms with Crippen LogP contribution >= 0.6 is 0 Å². The van der Waals surface area contributed by atoms with Crippen LogP contribution in [-0.4, -0.2) is 53.4 Å². The zero-order valence-electron chi connectivity index (χ0n) is 12.6. The molecule has 1 aliphatic heterocycles. The molecule has 1 saturated heterocycles. The van der Waals surface area contributed by atoms with E-state index in [0.717, 1.165) is 24.9 Å². The quantitative estimate of drug-likeness (QED) is 0.902. The lowest BCUT2D eigenvalue weighted by Crippen LogP contribution is -2.54. The summed E-state index contributed by atoms with van der Waals surface area (Å²) in [6.45, 7) is 4.90. The zero-order chi connectivity index (χ0) is 15.1. The van der Waals surface area contributed by atoms with Gasteiger partial charge in [0.05, 0.1) is 6.54 Å². The van der Waals surface area contributed by atoms with Crippen LogP contribution in [0.25, 0.3) is 0 Å². The van der Waals surface area contributed by atoms with E-state index in [2.05, 4.69) is 6.92 Å². The van der Waals surface area contributed by atoms with Gasteiger partial charge in [-0.1, -0.05) is 43.7 Å². The monoisotopic (exact) mass is 292 g/mol. The predicted octanol–water partition coefficient (Wildman–Crippen LogP) is 2.06. The molecule has 0 bridgehead atoms. The number of rotatable bonds is 5. The van der Waals surface area contributed by atoms with Crippen LogP contribution < -0.4 is 0 Å². The number of β-amino-alcohol motifs (C(OH)–C–C–N with tert-alkyl or cyclic N) is 1. The Kier molecular flexibility index (Phi) is 6.02. The highest BCUT2D eigenvalue weighted by Gasteiger charge is 2.28. The third-order valence-electron chi connectivity index (χ3n) is 3.72. The Labute approximate surface area is 126 Å². The lowest BCUT2D eigenvalue weighted by molar-refractivity contribution is -0.0536. The van der Waals surface area contributed by atoms with Crippen LogP contribution in [0.2, 0.25) is 0 Å². The van der Waals surface area contributed by atoms with E-state index < -0.39 is 6.23 Å². The Balaban J connectivity index is 1.76. The number of hydrogen-bond donors (Lipinski definition) is 1. The molecule has 0 aliphatic carbocycles. The van der Waals surface area contributed by atoms with Gasteiger partial charge in [-0.25, -0.2) is 4.79 Å². The molecule has 1 aromatic carbocycles. The smallest absolute Gasteiger partial charge is 0.410 e. The SMILES string of the molecule is CCCCN1CCN(C(=O)OCc2ccccc2)CC1O. The summed E-state index contributed by atoms with van der Waals surface area (Å²) in [5.41, 5.74) is 0.966. The summed E-state index contributed by atoms with van der Waals surface area (Å²) < 4.78 is 5.29. The lowest BCUT2D eigenvalue weighted by Gasteiger charge is -2.38. The summed E-state index contributed by atoms with van der Waals surface area (Å²) in [4.78, 5) is 15.6. The number of benzene rings is 1. The number of piperazine rings is 1. The number of carbonyl (C=O) groups excluding carboxylic acids is 1. The number of unbranched alkanes of at least 4 members (excludes halogenated alkanes) is 1. The zero-order valence-corrected chi connectivity index (χ0v) is 12.6. The van der Waals surface area contributed by atoms with Crippen molar-refractivity contribution in [1.29, 1.82) is 0 Å². The van der Waals surface area contributed by atoms with Crippen molar-refractivity contribution in [2.24, 2.45) is 0 Å². The largest absolute Gasteiger partial charge is 0.445 e. The van der Waals surface area contributed by atoms with Crippen LogP contribution in [0, 0.1) is 0 Å². The summed E-state index contributed by atoms with van der Waals surface area (Å²) in [5.74, 6) is 0. The van der Waals surface area contributed by atoms with E-state index in [1.165, 1.54) is 0 Å². The van der Waals surface area contributed by atoms with Gasteiger partial charge in [0.15, 0.2) is 0 Å². The van der Waals surface area contributed by atoms with Crippen LogP contribution in [0.15, 0.2) is 30.3 Å². The number of ether oxygens (including phenoxy) is 1. The third kappa shape index (κ3) is 4.72. The average molecular weight is 292 g/mol. The lowest BCUT2D eigenvalue weighted by atomic mass is 10.2. The molecule has 1 aromatic rings. The van der Waals surface area contributed by atoms with E-state index in [9.17, 15) is 9.90 Å². The third-order valence-corrected chi connectivity index (χ3v) is 3.72. The highest BCUT2D eigenvalue weighted by Crippen LogP contribution is 2.11. The molecular weight excluding hydrogens is 268 g/mol. The van der Waals surface area contributed by atoms with Crippen LogP contribution in [0.1, 0.15) is 25.3 Å². The highest BCUT2D eigenvalue weighted by atomic mass is 16.6. The van der Waals surface area contributed by atoms with E-state index in [4.69, 9.17) is 4.74 Å². The summed E-state index contributed by atoms with van der Waals surface area (Å²) in [7, 11) is 0. The van der Waals surface area contributed by atoms with Gasteiger partial charge in [0.2, 0.25) is 0 Å². The van der Waals surface area contributed by atoms with Crippen LogP contribution in [0.4, 0.5) is 4.79 Å². The van der Waals surface area contributed by atoms with Crippen molar-refractivity contribution < 1.29 is 14.6 Å². The predicted molar refractivity (Wildman–Crippen MR) is 80.7 cm³/mol. The molecule has 1 unspecified atom stereocenters. The van der Waals surface area contributed by atoms with Crippen molar-refractivity contribution in [1.82, 2.24) is 9.80 Å². The Morgan fingerprint density at radius 3 is 2.76 bits per heavy atom. The number of nitrogens with zero attached hydrogens (tertiary/aromatic N) is 2. The number of aliphatic hydroxyl groups is 1. The van der Waals surface area contributed by atoms with E-state index >= 15 is 0 Å². The standard InChI is InChI=1S/C16H24N2O3/c1-2-3-9-17-10-11-18(12-15(17)19)16(20)21-13-14-7-5-4-6-8-14/h4-8,15,19H,2-3,9-13H2,1H3. The first-order valence-electron chi connectivity index (χ1n) is 7.58. The first kappa shape index (κ1) is 15.8. The molecule has 1 fully saturated rings. The highest BCUT2D eigenvalue weighted by molar-refractivity contribution is 5.67. The summed E-state index contributed by atoms with van der Waals surface area (Å²) in [6.07, 6.45) is 1.23. The maximum Gasteiger partial charge on any atom is 0.410 e. The Hall–Kier alpha value is -1.59. The normalized spacial score (nSPS) is 19.5. The van der Waals surface area contributed by atoms with Crippen molar-refractivity contribution >= 4 is 6.09 Å². The molecule has 1 aliphatic rings. The topological polar surface area (TPSA) is 53.0 Å². The van der Waals surface area contributed by atoms with E-state index in [-0.39, 0.29) is 12.7 Å². The molecule has 2 rings (SSSR count). The molecular formula is C16H24N2O3. The van der Waals surface area contributed by atoms with Crippen LogP contribution in [-0.2, 0) is 11.3 Å². The summed E-state index contributed by atoms with van der Waals surface area (Å²) in [5, 5.41) is 10.1. The molecule has 21 heavy (non-hydrogen) atoms. The first-order valence-corrected chi connectivity index (χ1v) is 7.58. The minimum Gasteiger partial charge on any atom is -0.445 e. The van der Waals surface area contributed by atoms with Crippen molar-refractivity contribution in [3.8, 4) is 0 Å². The number of amides is 1. The maximum absolute atomic E-state index is 12.0. The molecule has 0 saturated carbocycles. The molecule has 0 spiro atoms. The van der Waals surface area contributed by atoms with Crippen LogP contribution in [0.3, 0.4) is 0 Å². The van der Waals surface area contributed by atoms with Crippen molar-refractivity contribution in [2.45, 2.75) is 32.6 Å². The van der Waals surface area contributed by atoms with Gasteiger partial charge >= 0.3 is 6.09 Å². The Morgan fingerprint density at radius 1 is 1.33 bits per heavy atom. The molecule has 0 radical (unpaired) electrons. The number of hydrogen-bond acceptors (Lipinski definition) is 4. The minimum atomic E-state index is -0.588. The van der Waals surface area contributed by atoms with E-state index in [1.54, 1.807) is 4.90 Å². The van der Waals surface area contributed by atoms with Gasteiger partial charge in [-0.15, -0.1) is 0 Å². The Morgan fingerprint density at radius 2 is 2.10 bits per heavy atom. The van der Waals surface area contributed by atoms with Crippen molar-refractivity contribution in [2.75, 3.05) is 26.2 Å². The molecule has 5 heteroatoms. The van der Waals surface area contributed by atoms with Gasteiger partial charge in [0.1, 0.15) is 12.8 Å². The molecule has 0 aromatic heterocycles. The second-order valence-electron chi connectivity index (χ2n) is 5.36. The van der Waals surface area contributed by atoms with Crippen molar-refractivity contribution in [3.05, 3.63) is 35.9 Å². The average Bonchev–Trinajstić information content (AvgIpc) is 2.52. The second kappa shape index (κ2) is 8.00. The number of carbonyl (C=O) groups is 1. The number of aliphatic hydroxyl groups excluding tert-OH is 1. The molecule has 5 nitrogen and oxygen atoms in total. The fraction of sp³-hybridized carbons (Fsp3) is 0.562. The molecule has 1 heterocycles. The van der Waals surface area contributed by atoms with Crippen molar-refractivity contribution in [3.63, 3.8) is 0 Å². The van der Waals surface area contributed by atoms with Crippen LogP contribution in [0.5, 0.6) is 0 Å². The van der Waals surface area contributed by atoms with Gasteiger partial charge in [-0.2, -0.15) is 0 Å². The molecule has 116 valence electrons. The Bertz CT molecular complexity index is 438. The van der Waals surface area contributed by atoms with Gasteiger partial charge in [-0.3, -0.25) is 4.90 Å². The second-order valence-corrected chi connectivity index (χ2v) is 5.36. The van der Waals surface area contributed by atoms with Gasteiger partial charge in [-0.05, 0) is 12.0 Å². The fourth-order valence-corrected chi connectivity index (χ4v) is 2.40. The molecule has 1 atom stereocenters.